The summed E-state index contributed by atoms with van der Waals surface area (Å²) in [7, 11) is 0. The molecule has 0 bridgehead atoms. The summed E-state index contributed by atoms with van der Waals surface area (Å²) in [5, 5.41) is 9.09. The van der Waals surface area contributed by atoms with Gasteiger partial charge in [0.05, 0.1) is 12.1 Å². The zero-order valence-electron chi connectivity index (χ0n) is 11.3. The molecule has 1 aromatic heterocycles. The van der Waals surface area contributed by atoms with Crippen molar-refractivity contribution in [3.63, 3.8) is 0 Å². The van der Waals surface area contributed by atoms with Gasteiger partial charge in [0.2, 0.25) is 5.13 Å². The van der Waals surface area contributed by atoms with Gasteiger partial charge in [-0.05, 0) is 25.7 Å². The van der Waals surface area contributed by atoms with E-state index in [1.54, 1.807) is 16.8 Å². The third-order valence-corrected chi connectivity index (χ3v) is 5.39. The van der Waals surface area contributed by atoms with Gasteiger partial charge in [0.25, 0.3) is 5.91 Å². The number of anilines is 1. The van der Waals surface area contributed by atoms with Crippen LogP contribution in [0.1, 0.15) is 25.7 Å². The normalized spacial score (nSPS) is 32.9. The molecule has 6 nitrogen and oxygen atoms in total. The topological polar surface area (TPSA) is 58.6 Å². The lowest BCUT2D eigenvalue weighted by molar-refractivity contribution is -0.141. The van der Waals surface area contributed by atoms with Crippen LogP contribution in [0.2, 0.25) is 0 Å². The van der Waals surface area contributed by atoms with Gasteiger partial charge in [0.1, 0.15) is 11.6 Å². The minimum absolute atomic E-state index is 0.190. The van der Waals surface area contributed by atoms with Crippen LogP contribution in [0.5, 0.6) is 0 Å². The molecule has 4 heterocycles. The highest BCUT2D eigenvalue weighted by molar-refractivity contribution is 7.13. The number of rotatable bonds is 2. The smallest absolute Gasteiger partial charge is 0.252 e. The van der Waals surface area contributed by atoms with Crippen molar-refractivity contribution < 1.29 is 9.53 Å². The maximum atomic E-state index is 12.5. The fourth-order valence-corrected chi connectivity index (χ4v) is 4.39. The predicted octanol–water partition coefficient (Wildman–Crippen LogP) is 0.897. The number of carbonyl (C=O) groups is 1. The van der Waals surface area contributed by atoms with E-state index in [0.29, 0.717) is 12.1 Å². The van der Waals surface area contributed by atoms with E-state index in [0.717, 1.165) is 50.5 Å². The molecule has 1 aromatic rings. The summed E-state index contributed by atoms with van der Waals surface area (Å²) in [6, 6.07) is 0.740. The molecule has 4 rings (SSSR count). The highest BCUT2D eigenvalue weighted by atomic mass is 32.1. The van der Waals surface area contributed by atoms with Crippen LogP contribution in [0.25, 0.3) is 0 Å². The predicted molar refractivity (Wildman–Crippen MR) is 74.8 cm³/mol. The molecule has 3 aliphatic rings. The molecule has 108 valence electrons. The van der Waals surface area contributed by atoms with E-state index < -0.39 is 0 Å². The van der Waals surface area contributed by atoms with E-state index >= 15 is 0 Å². The monoisotopic (exact) mass is 294 g/mol. The summed E-state index contributed by atoms with van der Waals surface area (Å²) >= 11 is 1.58. The summed E-state index contributed by atoms with van der Waals surface area (Å²) in [5.74, 6) is 0.203. The molecule has 7 heteroatoms. The molecule has 0 saturated carbocycles. The third kappa shape index (κ3) is 1.91. The first-order valence-corrected chi connectivity index (χ1v) is 8.17. The molecule has 3 fully saturated rings. The highest BCUT2D eigenvalue weighted by Crippen LogP contribution is 2.36. The van der Waals surface area contributed by atoms with Gasteiger partial charge in [-0.2, -0.15) is 0 Å². The van der Waals surface area contributed by atoms with E-state index in [9.17, 15) is 4.79 Å². The lowest BCUT2D eigenvalue weighted by Gasteiger charge is -2.26. The molecule has 0 radical (unpaired) electrons. The molecule has 2 unspecified atom stereocenters. The number of ether oxygens (including phenoxy) is 1. The second-order valence-electron chi connectivity index (χ2n) is 5.66. The Hall–Kier alpha value is -1.21. The van der Waals surface area contributed by atoms with Gasteiger partial charge in [0, 0.05) is 19.7 Å². The molecule has 20 heavy (non-hydrogen) atoms. The summed E-state index contributed by atoms with van der Waals surface area (Å²) in [4.78, 5) is 16.9. The Morgan fingerprint density at radius 1 is 1.30 bits per heavy atom. The minimum Gasteiger partial charge on any atom is -0.368 e. The van der Waals surface area contributed by atoms with Gasteiger partial charge in [-0.15, -0.1) is 10.2 Å². The van der Waals surface area contributed by atoms with Crippen molar-refractivity contribution in [3.05, 3.63) is 5.51 Å². The summed E-state index contributed by atoms with van der Waals surface area (Å²) < 4.78 is 5.55. The van der Waals surface area contributed by atoms with Crippen molar-refractivity contribution in [3.8, 4) is 0 Å². The Bertz CT molecular complexity index is 489. The van der Waals surface area contributed by atoms with Crippen LogP contribution in [-0.2, 0) is 9.53 Å². The highest BCUT2D eigenvalue weighted by Gasteiger charge is 2.46. The zero-order chi connectivity index (χ0) is 13.5. The molecule has 3 aliphatic heterocycles. The maximum absolute atomic E-state index is 12.5. The van der Waals surface area contributed by atoms with E-state index in [2.05, 4.69) is 20.0 Å². The maximum Gasteiger partial charge on any atom is 0.252 e. The van der Waals surface area contributed by atoms with Crippen molar-refractivity contribution in [2.24, 2.45) is 0 Å². The average molecular weight is 294 g/mol. The van der Waals surface area contributed by atoms with Gasteiger partial charge >= 0.3 is 0 Å². The molecular weight excluding hydrogens is 276 g/mol. The van der Waals surface area contributed by atoms with Crippen LogP contribution in [0.15, 0.2) is 5.51 Å². The second kappa shape index (κ2) is 4.96. The second-order valence-corrected chi connectivity index (χ2v) is 6.47. The lowest BCUT2D eigenvalue weighted by Crippen LogP contribution is -2.44. The minimum atomic E-state index is -0.190. The molecular formula is C13H18N4O2S. The molecule has 0 spiro atoms. The molecule has 1 amide bonds. The lowest BCUT2D eigenvalue weighted by atomic mass is 10.1. The van der Waals surface area contributed by atoms with Crippen LogP contribution in [0, 0.1) is 0 Å². The van der Waals surface area contributed by atoms with E-state index in [1.165, 1.54) is 0 Å². The van der Waals surface area contributed by atoms with E-state index in [1.807, 2.05) is 0 Å². The van der Waals surface area contributed by atoms with Crippen molar-refractivity contribution in [1.29, 1.82) is 0 Å². The molecule has 0 N–H and O–H groups in total. The number of fused-ring (bicyclic) bond motifs is 1. The summed E-state index contributed by atoms with van der Waals surface area (Å²) in [5.41, 5.74) is 1.77. The number of hydrogen-bond acceptors (Lipinski definition) is 6. The zero-order valence-corrected chi connectivity index (χ0v) is 12.1. The first-order valence-electron chi connectivity index (χ1n) is 7.29. The first-order chi connectivity index (χ1) is 9.84. The summed E-state index contributed by atoms with van der Waals surface area (Å²) in [6.07, 6.45) is 3.76. The van der Waals surface area contributed by atoms with Crippen molar-refractivity contribution in [1.82, 2.24) is 15.1 Å². The van der Waals surface area contributed by atoms with Crippen molar-refractivity contribution in [2.45, 2.75) is 43.9 Å². The summed E-state index contributed by atoms with van der Waals surface area (Å²) in [6.45, 7) is 2.55. The number of likely N-dealkylation sites (tertiary alicyclic amines) is 1. The molecule has 0 aromatic carbocycles. The fraction of sp³-hybridized carbons (Fsp3) is 0.769. The molecule has 3 saturated heterocycles. The Morgan fingerprint density at radius 2 is 2.20 bits per heavy atom. The quantitative estimate of drug-likeness (QED) is 0.811. The van der Waals surface area contributed by atoms with Crippen molar-refractivity contribution >= 4 is 22.4 Å². The van der Waals surface area contributed by atoms with Crippen molar-refractivity contribution in [2.75, 3.05) is 24.6 Å². The van der Waals surface area contributed by atoms with Crippen LogP contribution in [0.4, 0.5) is 5.13 Å². The Morgan fingerprint density at radius 3 is 2.95 bits per heavy atom. The first kappa shape index (κ1) is 12.5. The number of hydrogen-bond donors (Lipinski definition) is 0. The number of nitrogens with zero attached hydrogens (tertiary/aromatic N) is 4. The van der Waals surface area contributed by atoms with Crippen LogP contribution in [0.3, 0.4) is 0 Å². The van der Waals surface area contributed by atoms with Gasteiger partial charge in [-0.25, -0.2) is 0 Å². The Kier molecular flexibility index (Phi) is 3.11. The standard InChI is InChI=1S/C13H18N4O2S/c18-12(11-2-1-7-19-11)16-5-3-10-9(16)4-6-17(10)13-15-14-8-20-13/h8-11H,1-7H2/t9?,10?,11-/m0/s1. The Labute approximate surface area is 121 Å². The number of aromatic nitrogens is 2. The number of amides is 1. The van der Waals surface area contributed by atoms with Crippen LogP contribution < -0.4 is 4.90 Å². The SMILES string of the molecule is O=C([C@@H]1CCCO1)N1CCC2C1CCN2c1nncs1. The van der Waals surface area contributed by atoms with E-state index in [-0.39, 0.29) is 12.0 Å². The largest absolute Gasteiger partial charge is 0.368 e. The third-order valence-electron chi connectivity index (χ3n) is 4.66. The average Bonchev–Trinajstić information content (AvgIpc) is 3.21. The Balaban J connectivity index is 1.49. The van der Waals surface area contributed by atoms with Gasteiger partial charge < -0.3 is 14.5 Å². The van der Waals surface area contributed by atoms with E-state index in [4.69, 9.17) is 4.74 Å². The van der Waals surface area contributed by atoms with Gasteiger partial charge in [0.15, 0.2) is 0 Å². The number of carbonyl (C=O) groups excluding carboxylic acids is 1. The molecule has 3 atom stereocenters. The van der Waals surface area contributed by atoms with Gasteiger partial charge in [-0.1, -0.05) is 11.3 Å². The molecule has 0 aliphatic carbocycles. The van der Waals surface area contributed by atoms with Crippen LogP contribution >= 0.6 is 11.3 Å². The van der Waals surface area contributed by atoms with Gasteiger partial charge in [-0.3, -0.25) is 4.79 Å². The fourth-order valence-electron chi connectivity index (χ4n) is 3.75. The van der Waals surface area contributed by atoms with Crippen LogP contribution in [-0.4, -0.2) is 58.9 Å².